The molecular weight excluding hydrogens is 410 g/mol. The van der Waals surface area contributed by atoms with Crippen molar-refractivity contribution in [2.75, 3.05) is 13.1 Å². The maximum Gasteiger partial charge on any atom is 0.262 e. The van der Waals surface area contributed by atoms with E-state index in [9.17, 15) is 9.59 Å². The molecule has 0 radical (unpaired) electrons. The Hall–Kier alpha value is -2.85. The van der Waals surface area contributed by atoms with Crippen LogP contribution in [0.3, 0.4) is 0 Å². The molecule has 29 heavy (non-hydrogen) atoms. The van der Waals surface area contributed by atoms with Crippen LogP contribution >= 0.6 is 22.7 Å². The van der Waals surface area contributed by atoms with Gasteiger partial charge in [0.05, 0.1) is 22.5 Å². The molecule has 1 atom stereocenters. The van der Waals surface area contributed by atoms with Gasteiger partial charge in [-0.25, -0.2) is 4.98 Å². The van der Waals surface area contributed by atoms with Crippen molar-refractivity contribution in [2.24, 2.45) is 0 Å². The van der Waals surface area contributed by atoms with Crippen molar-refractivity contribution in [1.82, 2.24) is 24.6 Å². The van der Waals surface area contributed by atoms with Gasteiger partial charge in [-0.3, -0.25) is 14.2 Å². The summed E-state index contributed by atoms with van der Waals surface area (Å²) in [5.41, 5.74) is -0.185. The quantitative estimate of drug-likeness (QED) is 0.497. The molecule has 0 unspecified atom stereocenters. The van der Waals surface area contributed by atoms with Crippen LogP contribution in [0.5, 0.6) is 0 Å². The monoisotopic (exact) mass is 427 g/mol. The second kappa shape index (κ2) is 7.53. The van der Waals surface area contributed by atoms with Crippen LogP contribution in [0.25, 0.3) is 21.0 Å². The van der Waals surface area contributed by atoms with Gasteiger partial charge in [-0.15, -0.1) is 32.9 Å². The first kappa shape index (κ1) is 18.2. The van der Waals surface area contributed by atoms with E-state index >= 15 is 0 Å². The first-order valence-corrected chi connectivity index (χ1v) is 11.0. The van der Waals surface area contributed by atoms with E-state index in [0.717, 1.165) is 17.7 Å². The standard InChI is InChI=1S/C19H17N5O3S2/c25-15(10-24-11-20-18-13(19(24)26)5-8-29-18)23-6-1-3-12(9-23)16-21-22-17(27-16)14-4-2-7-28-14/h2,4-5,7-8,11-12H,1,3,6,9-10H2/t12-/m1/s1. The summed E-state index contributed by atoms with van der Waals surface area (Å²) >= 11 is 2.96. The van der Waals surface area contributed by atoms with Crippen LogP contribution in [0, 0.1) is 0 Å². The number of likely N-dealkylation sites (tertiary alicyclic amines) is 1. The van der Waals surface area contributed by atoms with E-state index in [-0.39, 0.29) is 23.9 Å². The molecule has 1 saturated heterocycles. The van der Waals surface area contributed by atoms with Gasteiger partial charge in [-0.05, 0) is 35.7 Å². The van der Waals surface area contributed by atoms with Gasteiger partial charge >= 0.3 is 0 Å². The molecule has 4 aromatic rings. The molecule has 0 spiro atoms. The third kappa shape index (κ3) is 3.49. The van der Waals surface area contributed by atoms with Crippen LogP contribution in [0.4, 0.5) is 0 Å². The van der Waals surface area contributed by atoms with Crippen molar-refractivity contribution in [3.8, 4) is 10.8 Å². The zero-order valence-corrected chi connectivity index (χ0v) is 17.0. The number of hydrogen-bond acceptors (Lipinski definition) is 8. The number of carbonyl (C=O) groups excluding carboxylic acids is 1. The minimum atomic E-state index is -0.185. The van der Waals surface area contributed by atoms with Crippen LogP contribution in [-0.4, -0.2) is 43.6 Å². The smallest absolute Gasteiger partial charge is 0.262 e. The Morgan fingerprint density at radius 3 is 3.03 bits per heavy atom. The summed E-state index contributed by atoms with van der Waals surface area (Å²) < 4.78 is 7.24. The van der Waals surface area contributed by atoms with E-state index in [1.54, 1.807) is 22.3 Å². The Kier molecular flexibility index (Phi) is 4.72. The van der Waals surface area contributed by atoms with E-state index in [0.29, 0.717) is 35.1 Å². The summed E-state index contributed by atoms with van der Waals surface area (Å²) in [6.45, 7) is 1.15. The summed E-state index contributed by atoms with van der Waals surface area (Å²) in [4.78, 5) is 33.0. The third-order valence-electron chi connectivity index (χ3n) is 5.05. The predicted molar refractivity (Wildman–Crippen MR) is 110 cm³/mol. The van der Waals surface area contributed by atoms with Crippen LogP contribution in [0.2, 0.25) is 0 Å². The topological polar surface area (TPSA) is 94.1 Å². The van der Waals surface area contributed by atoms with E-state index < -0.39 is 0 Å². The molecule has 10 heteroatoms. The number of aromatic nitrogens is 4. The molecule has 148 valence electrons. The fourth-order valence-electron chi connectivity index (χ4n) is 3.56. The maximum absolute atomic E-state index is 12.8. The van der Waals surface area contributed by atoms with E-state index in [2.05, 4.69) is 15.2 Å². The molecule has 4 aromatic heterocycles. The summed E-state index contributed by atoms with van der Waals surface area (Å²) in [6, 6.07) is 5.62. The highest BCUT2D eigenvalue weighted by molar-refractivity contribution is 7.16. The van der Waals surface area contributed by atoms with Crippen LogP contribution in [-0.2, 0) is 11.3 Å². The van der Waals surface area contributed by atoms with Gasteiger partial charge in [-0.2, -0.15) is 0 Å². The lowest BCUT2D eigenvalue weighted by Crippen LogP contribution is -2.42. The third-order valence-corrected chi connectivity index (χ3v) is 6.73. The van der Waals surface area contributed by atoms with Gasteiger partial charge in [0.2, 0.25) is 11.8 Å². The van der Waals surface area contributed by atoms with Crippen molar-refractivity contribution >= 4 is 38.8 Å². The number of rotatable bonds is 4. The van der Waals surface area contributed by atoms with Gasteiger partial charge in [0.1, 0.15) is 11.4 Å². The Bertz CT molecular complexity index is 1210. The number of amides is 1. The van der Waals surface area contributed by atoms with Gasteiger partial charge in [0, 0.05) is 13.1 Å². The largest absolute Gasteiger partial charge is 0.420 e. The normalized spacial score (nSPS) is 17.1. The van der Waals surface area contributed by atoms with Gasteiger partial charge in [0.15, 0.2) is 0 Å². The average Bonchev–Trinajstić information content (AvgIpc) is 3.50. The van der Waals surface area contributed by atoms with E-state index in [4.69, 9.17) is 4.42 Å². The number of hydrogen-bond donors (Lipinski definition) is 0. The van der Waals surface area contributed by atoms with Crippen molar-refractivity contribution in [2.45, 2.75) is 25.3 Å². The van der Waals surface area contributed by atoms with Crippen LogP contribution in [0.15, 0.2) is 44.5 Å². The Balaban J connectivity index is 1.30. The first-order valence-electron chi connectivity index (χ1n) is 9.27. The summed E-state index contributed by atoms with van der Waals surface area (Å²) in [5.74, 6) is 0.971. The fraction of sp³-hybridized carbons (Fsp3) is 0.316. The summed E-state index contributed by atoms with van der Waals surface area (Å²) in [5, 5.41) is 12.7. The fourth-order valence-corrected chi connectivity index (χ4v) is 4.92. The molecule has 1 amide bonds. The maximum atomic E-state index is 12.8. The van der Waals surface area contributed by atoms with Crippen molar-refractivity contribution in [3.63, 3.8) is 0 Å². The lowest BCUT2D eigenvalue weighted by Gasteiger charge is -2.31. The van der Waals surface area contributed by atoms with Crippen LogP contribution in [0.1, 0.15) is 24.7 Å². The second-order valence-electron chi connectivity index (χ2n) is 6.92. The summed E-state index contributed by atoms with van der Waals surface area (Å²) in [7, 11) is 0. The van der Waals surface area contributed by atoms with Gasteiger partial charge in [-0.1, -0.05) is 6.07 Å². The number of fused-ring (bicyclic) bond motifs is 1. The summed E-state index contributed by atoms with van der Waals surface area (Å²) in [6.07, 6.45) is 3.19. The molecular formula is C19H17N5O3S2. The molecule has 0 aliphatic carbocycles. The molecule has 0 N–H and O–H groups in total. The Morgan fingerprint density at radius 1 is 1.24 bits per heavy atom. The molecule has 8 nitrogen and oxygen atoms in total. The zero-order chi connectivity index (χ0) is 19.8. The van der Waals surface area contributed by atoms with Crippen molar-refractivity contribution in [3.05, 3.63) is 51.5 Å². The van der Waals surface area contributed by atoms with Crippen LogP contribution < -0.4 is 5.56 Å². The van der Waals surface area contributed by atoms with Gasteiger partial charge in [0.25, 0.3) is 11.4 Å². The molecule has 1 aliphatic heterocycles. The molecule has 0 saturated carbocycles. The SMILES string of the molecule is O=C(Cn1cnc2sccc2c1=O)N1CCC[C@@H](c2nnc(-c3cccs3)o2)C1. The Labute approximate surface area is 173 Å². The molecule has 5 rings (SSSR count). The minimum absolute atomic E-state index is 0.00288. The molecule has 5 heterocycles. The number of thiophene rings is 2. The highest BCUT2D eigenvalue weighted by Gasteiger charge is 2.29. The van der Waals surface area contributed by atoms with Crippen molar-refractivity contribution < 1.29 is 9.21 Å². The second-order valence-corrected chi connectivity index (χ2v) is 8.76. The lowest BCUT2D eigenvalue weighted by molar-refractivity contribution is -0.133. The minimum Gasteiger partial charge on any atom is -0.420 e. The van der Waals surface area contributed by atoms with Gasteiger partial charge < -0.3 is 9.32 Å². The van der Waals surface area contributed by atoms with E-state index in [1.165, 1.54) is 22.2 Å². The zero-order valence-electron chi connectivity index (χ0n) is 15.4. The van der Waals surface area contributed by atoms with E-state index in [1.807, 2.05) is 22.9 Å². The lowest BCUT2D eigenvalue weighted by atomic mass is 9.98. The Morgan fingerprint density at radius 2 is 2.17 bits per heavy atom. The number of piperidine rings is 1. The number of carbonyl (C=O) groups is 1. The molecule has 0 aromatic carbocycles. The first-order chi connectivity index (χ1) is 14.2. The molecule has 1 fully saturated rings. The average molecular weight is 428 g/mol. The number of nitrogens with zero attached hydrogens (tertiary/aromatic N) is 5. The van der Waals surface area contributed by atoms with Crippen molar-refractivity contribution in [1.29, 1.82) is 0 Å². The highest BCUT2D eigenvalue weighted by Crippen LogP contribution is 2.30. The molecule has 0 bridgehead atoms. The predicted octanol–water partition coefficient (Wildman–Crippen LogP) is 2.98. The highest BCUT2D eigenvalue weighted by atomic mass is 32.1. The molecule has 1 aliphatic rings.